The quantitative estimate of drug-likeness (QED) is 0.644. The van der Waals surface area contributed by atoms with Crippen LogP contribution in [0.15, 0.2) is 29.1 Å². The van der Waals surface area contributed by atoms with E-state index < -0.39 is 0 Å². The van der Waals surface area contributed by atoms with E-state index in [0.717, 1.165) is 44.0 Å². The molecule has 0 amide bonds. The molecule has 0 spiro atoms. The lowest BCUT2D eigenvalue weighted by Gasteiger charge is -2.35. The number of aryl methyl sites for hydroxylation is 1. The first-order chi connectivity index (χ1) is 13.0. The number of hydrogen-bond acceptors (Lipinski definition) is 6. The summed E-state index contributed by atoms with van der Waals surface area (Å²) < 4.78 is 5.34. The number of aromatic nitrogens is 3. The van der Waals surface area contributed by atoms with Crippen molar-refractivity contribution in [3.63, 3.8) is 0 Å². The summed E-state index contributed by atoms with van der Waals surface area (Å²) in [6, 6.07) is 7.61. The molecule has 1 saturated heterocycles. The number of benzene rings is 1. The predicted molar refractivity (Wildman–Crippen MR) is 106 cm³/mol. The van der Waals surface area contributed by atoms with E-state index in [0.29, 0.717) is 5.82 Å². The molecule has 1 fully saturated rings. The van der Waals surface area contributed by atoms with Gasteiger partial charge in [0, 0.05) is 55.4 Å². The fraction of sp³-hybridized carbons (Fsp3) is 0.368. The van der Waals surface area contributed by atoms with Crippen LogP contribution in [0.5, 0.6) is 5.75 Å². The van der Waals surface area contributed by atoms with Crippen LogP contribution in [-0.2, 0) is 6.54 Å². The Morgan fingerprint density at radius 2 is 1.96 bits per heavy atom. The van der Waals surface area contributed by atoms with Crippen LogP contribution in [-0.4, -0.2) is 53.1 Å². The van der Waals surface area contributed by atoms with E-state index in [2.05, 4.69) is 43.8 Å². The number of H-pyrrole nitrogens is 2. The van der Waals surface area contributed by atoms with Crippen molar-refractivity contribution in [1.29, 1.82) is 0 Å². The molecule has 4 rings (SSSR count). The fourth-order valence-corrected chi connectivity index (χ4v) is 3.63. The highest BCUT2D eigenvalue weighted by Crippen LogP contribution is 2.27. The van der Waals surface area contributed by atoms with E-state index in [1.807, 2.05) is 6.07 Å². The summed E-state index contributed by atoms with van der Waals surface area (Å²) in [4.78, 5) is 26.4. The Labute approximate surface area is 157 Å². The maximum Gasteiger partial charge on any atom is 0.254 e. The molecule has 1 aliphatic rings. The maximum atomic E-state index is 11.6. The lowest BCUT2D eigenvalue weighted by atomic mass is 10.1. The Morgan fingerprint density at radius 3 is 2.67 bits per heavy atom. The van der Waals surface area contributed by atoms with Gasteiger partial charge in [-0.15, -0.1) is 0 Å². The van der Waals surface area contributed by atoms with E-state index in [1.165, 1.54) is 22.7 Å². The number of methoxy groups -OCH3 is 1. The number of nitrogen functional groups attached to an aromatic ring is 1. The van der Waals surface area contributed by atoms with Crippen molar-refractivity contribution in [3.05, 3.63) is 45.9 Å². The van der Waals surface area contributed by atoms with Crippen molar-refractivity contribution >= 4 is 22.7 Å². The standard InChI is InChI=1S/C19H24N6O2/c1-12-14-9-13(27-2)3-4-15(14)21-16(12)11-24-5-7-25(8-6-24)17-10-18(26)23-19(20)22-17/h3-4,9-10,21H,5-8,11H2,1-2H3,(H3,20,22,23,26). The molecule has 0 bridgehead atoms. The first-order valence-corrected chi connectivity index (χ1v) is 9.03. The van der Waals surface area contributed by atoms with Gasteiger partial charge in [0.25, 0.3) is 5.56 Å². The number of nitrogens with zero attached hydrogens (tertiary/aromatic N) is 3. The van der Waals surface area contributed by atoms with Crippen LogP contribution < -0.4 is 20.9 Å². The Bertz CT molecular complexity index is 1020. The Kier molecular flexibility index (Phi) is 4.49. The van der Waals surface area contributed by atoms with Crippen LogP contribution in [0, 0.1) is 6.92 Å². The average Bonchev–Trinajstić information content (AvgIpc) is 2.96. The number of ether oxygens (including phenoxy) is 1. The minimum absolute atomic E-state index is 0.157. The van der Waals surface area contributed by atoms with Gasteiger partial charge in [-0.2, -0.15) is 4.98 Å². The van der Waals surface area contributed by atoms with Crippen LogP contribution in [0.1, 0.15) is 11.3 Å². The summed E-state index contributed by atoms with van der Waals surface area (Å²) in [7, 11) is 1.69. The van der Waals surface area contributed by atoms with Gasteiger partial charge in [-0.3, -0.25) is 14.7 Å². The smallest absolute Gasteiger partial charge is 0.254 e. The SMILES string of the molecule is COc1ccc2[nH]c(CN3CCN(c4cc(=O)[nH]c(N)n4)CC3)c(C)c2c1. The third-order valence-corrected chi connectivity index (χ3v) is 5.19. The van der Waals surface area contributed by atoms with Gasteiger partial charge in [-0.05, 0) is 30.7 Å². The lowest BCUT2D eigenvalue weighted by molar-refractivity contribution is 0.246. The molecule has 0 unspecified atom stereocenters. The van der Waals surface area contributed by atoms with Gasteiger partial charge < -0.3 is 20.4 Å². The van der Waals surface area contributed by atoms with Gasteiger partial charge in [0.15, 0.2) is 0 Å². The summed E-state index contributed by atoms with van der Waals surface area (Å²) in [5.74, 6) is 1.67. The van der Waals surface area contributed by atoms with Crippen LogP contribution in [0.4, 0.5) is 11.8 Å². The second-order valence-electron chi connectivity index (χ2n) is 6.89. The molecule has 27 heavy (non-hydrogen) atoms. The van der Waals surface area contributed by atoms with Crippen LogP contribution in [0.25, 0.3) is 10.9 Å². The van der Waals surface area contributed by atoms with Gasteiger partial charge in [-0.25, -0.2) is 0 Å². The topological polar surface area (TPSA) is 103 Å². The first-order valence-electron chi connectivity index (χ1n) is 9.03. The highest BCUT2D eigenvalue weighted by Gasteiger charge is 2.20. The zero-order valence-electron chi connectivity index (χ0n) is 15.6. The normalized spacial score (nSPS) is 15.4. The average molecular weight is 368 g/mol. The van der Waals surface area contributed by atoms with E-state index in [1.54, 1.807) is 7.11 Å². The molecular formula is C19H24N6O2. The van der Waals surface area contributed by atoms with Gasteiger partial charge in [0.1, 0.15) is 11.6 Å². The number of rotatable bonds is 4. The Balaban J connectivity index is 1.45. The van der Waals surface area contributed by atoms with Gasteiger partial charge in [0.2, 0.25) is 5.95 Å². The number of anilines is 2. The van der Waals surface area contributed by atoms with E-state index in [9.17, 15) is 4.79 Å². The number of fused-ring (bicyclic) bond motifs is 1. The van der Waals surface area contributed by atoms with Gasteiger partial charge >= 0.3 is 0 Å². The zero-order valence-corrected chi connectivity index (χ0v) is 15.6. The predicted octanol–water partition coefficient (Wildman–Crippen LogP) is 1.47. The van der Waals surface area contributed by atoms with Crippen LogP contribution in [0.2, 0.25) is 0 Å². The molecule has 0 atom stereocenters. The monoisotopic (exact) mass is 368 g/mol. The van der Waals surface area contributed by atoms with Crippen molar-refractivity contribution in [2.45, 2.75) is 13.5 Å². The Hall–Kier alpha value is -3.00. The molecule has 142 valence electrons. The second kappa shape index (κ2) is 6.96. The van der Waals surface area contributed by atoms with Gasteiger partial charge in [0.05, 0.1) is 7.11 Å². The van der Waals surface area contributed by atoms with E-state index >= 15 is 0 Å². The molecule has 1 aromatic carbocycles. The number of nitrogens with one attached hydrogen (secondary N) is 2. The van der Waals surface area contributed by atoms with Crippen molar-refractivity contribution in [2.24, 2.45) is 0 Å². The Morgan fingerprint density at radius 1 is 1.19 bits per heavy atom. The van der Waals surface area contributed by atoms with E-state index in [-0.39, 0.29) is 11.5 Å². The van der Waals surface area contributed by atoms with Gasteiger partial charge in [-0.1, -0.05) is 0 Å². The van der Waals surface area contributed by atoms with E-state index in [4.69, 9.17) is 10.5 Å². The summed E-state index contributed by atoms with van der Waals surface area (Å²) in [6.45, 7) is 6.42. The van der Waals surface area contributed by atoms with Crippen LogP contribution in [0.3, 0.4) is 0 Å². The fourth-order valence-electron chi connectivity index (χ4n) is 3.63. The van der Waals surface area contributed by atoms with Crippen LogP contribution >= 0.6 is 0 Å². The number of piperazine rings is 1. The minimum Gasteiger partial charge on any atom is -0.497 e. The third kappa shape index (κ3) is 3.48. The number of nitrogens with two attached hydrogens (primary N) is 1. The molecule has 0 aliphatic carbocycles. The molecule has 3 aromatic rings. The molecule has 2 aromatic heterocycles. The maximum absolute atomic E-state index is 11.6. The summed E-state index contributed by atoms with van der Waals surface area (Å²) in [5, 5.41) is 1.20. The van der Waals surface area contributed by atoms with Crippen molar-refractivity contribution < 1.29 is 4.74 Å². The van der Waals surface area contributed by atoms with Crippen molar-refractivity contribution in [2.75, 3.05) is 43.9 Å². The lowest BCUT2D eigenvalue weighted by Crippen LogP contribution is -2.46. The van der Waals surface area contributed by atoms with Crippen molar-refractivity contribution in [1.82, 2.24) is 19.9 Å². The highest BCUT2D eigenvalue weighted by molar-refractivity contribution is 5.85. The molecule has 8 nitrogen and oxygen atoms in total. The molecule has 4 N–H and O–H groups in total. The molecule has 0 radical (unpaired) electrons. The minimum atomic E-state index is -0.218. The number of hydrogen-bond donors (Lipinski definition) is 3. The molecule has 1 aliphatic heterocycles. The zero-order chi connectivity index (χ0) is 19.0. The summed E-state index contributed by atoms with van der Waals surface area (Å²) >= 11 is 0. The molecule has 8 heteroatoms. The summed E-state index contributed by atoms with van der Waals surface area (Å²) in [5.41, 5.74) is 9.05. The molecule has 3 heterocycles. The van der Waals surface area contributed by atoms with Crippen molar-refractivity contribution in [3.8, 4) is 5.75 Å². The summed E-state index contributed by atoms with van der Waals surface area (Å²) in [6.07, 6.45) is 0. The first kappa shape index (κ1) is 17.4. The third-order valence-electron chi connectivity index (χ3n) is 5.19. The number of aromatic amines is 2. The largest absolute Gasteiger partial charge is 0.497 e. The highest BCUT2D eigenvalue weighted by atomic mass is 16.5. The molecule has 0 saturated carbocycles. The second-order valence-corrected chi connectivity index (χ2v) is 6.89. The molecular weight excluding hydrogens is 344 g/mol.